The fourth-order valence-corrected chi connectivity index (χ4v) is 1.65. The third kappa shape index (κ3) is 6.46. The highest BCUT2D eigenvalue weighted by Gasteiger charge is 2.29. The van der Waals surface area contributed by atoms with Crippen molar-refractivity contribution in [1.82, 2.24) is 5.48 Å². The fourth-order valence-electron chi connectivity index (χ4n) is 1.11. The number of rotatable bonds is 6. The zero-order valence-electron chi connectivity index (χ0n) is 9.99. The van der Waals surface area contributed by atoms with Crippen molar-refractivity contribution in [3.05, 3.63) is 29.8 Å². The molecule has 0 saturated heterocycles. The van der Waals surface area contributed by atoms with Crippen LogP contribution in [0.4, 0.5) is 13.2 Å². The average Bonchev–Trinajstić information content (AvgIpc) is 2.33. The number of hydrogen-bond donors (Lipinski definition) is 1. The van der Waals surface area contributed by atoms with Crippen LogP contribution in [0.5, 0.6) is 0 Å². The Balaban J connectivity index is 2.49. The van der Waals surface area contributed by atoms with Gasteiger partial charge in [-0.15, -0.1) is 0 Å². The van der Waals surface area contributed by atoms with Crippen molar-refractivity contribution in [2.24, 2.45) is 0 Å². The lowest BCUT2D eigenvalue weighted by Gasteiger charge is -2.07. The minimum atomic E-state index is -4.34. The van der Waals surface area contributed by atoms with Crippen molar-refractivity contribution >= 4 is 17.7 Å². The summed E-state index contributed by atoms with van der Waals surface area (Å²) in [6.45, 7) is 0.506. The van der Waals surface area contributed by atoms with Crippen LogP contribution in [-0.2, 0) is 9.57 Å². The molecule has 1 amide bonds. The van der Waals surface area contributed by atoms with Crippen molar-refractivity contribution < 1.29 is 27.5 Å². The topological polar surface area (TPSA) is 47.6 Å². The van der Waals surface area contributed by atoms with Gasteiger partial charge in [-0.05, 0) is 36.0 Å². The third-order valence-electron chi connectivity index (χ3n) is 1.90. The summed E-state index contributed by atoms with van der Waals surface area (Å²) in [5.74, 6) is -0.528. The number of methoxy groups -OCH3 is 1. The number of benzene rings is 1. The van der Waals surface area contributed by atoms with E-state index in [9.17, 15) is 18.0 Å². The molecule has 4 nitrogen and oxygen atoms in total. The van der Waals surface area contributed by atoms with E-state index in [1.165, 1.54) is 31.4 Å². The molecule has 0 fully saturated rings. The Kier molecular flexibility index (Phi) is 6.13. The minimum Gasteiger partial charge on any atom is -0.382 e. The molecular formula is C11H12F3NO3S. The lowest BCUT2D eigenvalue weighted by Crippen LogP contribution is -2.25. The summed E-state index contributed by atoms with van der Waals surface area (Å²) >= 11 is -0.234. The van der Waals surface area contributed by atoms with Crippen LogP contribution in [0.3, 0.4) is 0 Å². The quantitative estimate of drug-likeness (QED) is 0.498. The Hall–Kier alpha value is -1.25. The standard InChI is InChI=1S/C11H12F3NO3S/c1-17-6-7-18-15-10(16)8-2-4-9(5-3-8)19-11(12,13)14/h2-5H,6-7H2,1H3,(H,15,16). The molecule has 0 saturated carbocycles. The zero-order valence-corrected chi connectivity index (χ0v) is 10.8. The second kappa shape index (κ2) is 7.37. The lowest BCUT2D eigenvalue weighted by molar-refractivity contribution is -0.0328. The smallest absolute Gasteiger partial charge is 0.382 e. The van der Waals surface area contributed by atoms with Crippen LogP contribution in [0.15, 0.2) is 29.2 Å². The van der Waals surface area contributed by atoms with E-state index >= 15 is 0 Å². The average molecular weight is 295 g/mol. The van der Waals surface area contributed by atoms with Gasteiger partial charge in [-0.1, -0.05) is 0 Å². The number of nitrogens with one attached hydrogen (secondary N) is 1. The molecule has 1 aromatic rings. The highest BCUT2D eigenvalue weighted by Crippen LogP contribution is 2.36. The minimum absolute atomic E-state index is 0.0179. The van der Waals surface area contributed by atoms with E-state index in [0.29, 0.717) is 6.61 Å². The molecule has 0 unspecified atom stereocenters. The highest BCUT2D eigenvalue weighted by molar-refractivity contribution is 8.00. The summed E-state index contributed by atoms with van der Waals surface area (Å²) in [5.41, 5.74) is -1.97. The molecule has 1 rings (SSSR count). The summed E-state index contributed by atoms with van der Waals surface area (Å²) in [6, 6.07) is 5.04. The molecule has 0 spiro atoms. The molecule has 106 valence electrons. The Morgan fingerprint density at radius 3 is 2.42 bits per heavy atom. The van der Waals surface area contributed by atoms with Crippen LogP contribution in [-0.4, -0.2) is 31.7 Å². The number of thioether (sulfide) groups is 1. The molecule has 8 heteroatoms. The van der Waals surface area contributed by atoms with E-state index in [4.69, 9.17) is 9.57 Å². The first-order valence-electron chi connectivity index (χ1n) is 5.19. The van der Waals surface area contributed by atoms with E-state index < -0.39 is 11.4 Å². The Bertz CT molecular complexity index is 409. The van der Waals surface area contributed by atoms with Gasteiger partial charge in [-0.3, -0.25) is 9.63 Å². The molecule has 0 aliphatic heterocycles. The van der Waals surface area contributed by atoms with Crippen LogP contribution in [0.25, 0.3) is 0 Å². The van der Waals surface area contributed by atoms with E-state index in [-0.39, 0.29) is 28.8 Å². The predicted octanol–water partition coefficient (Wildman–Crippen LogP) is 2.61. The number of carbonyl (C=O) groups excluding carboxylic acids is 1. The van der Waals surface area contributed by atoms with Crippen LogP contribution in [0.1, 0.15) is 10.4 Å². The van der Waals surface area contributed by atoms with Crippen LogP contribution in [0.2, 0.25) is 0 Å². The molecule has 0 radical (unpaired) electrons. The Morgan fingerprint density at radius 2 is 1.89 bits per heavy atom. The van der Waals surface area contributed by atoms with Crippen molar-refractivity contribution in [1.29, 1.82) is 0 Å². The number of amides is 1. The SMILES string of the molecule is COCCONC(=O)c1ccc(SC(F)(F)F)cc1. The van der Waals surface area contributed by atoms with Gasteiger partial charge in [0, 0.05) is 17.6 Å². The van der Waals surface area contributed by atoms with Gasteiger partial charge in [-0.2, -0.15) is 13.2 Å². The number of carbonyl (C=O) groups is 1. The van der Waals surface area contributed by atoms with Gasteiger partial charge in [0.1, 0.15) is 0 Å². The molecule has 19 heavy (non-hydrogen) atoms. The number of ether oxygens (including phenoxy) is 1. The van der Waals surface area contributed by atoms with Crippen LogP contribution < -0.4 is 5.48 Å². The Labute approximate surface area is 112 Å². The summed E-state index contributed by atoms with van der Waals surface area (Å²) in [6.07, 6.45) is 0. The van der Waals surface area contributed by atoms with Gasteiger partial charge >= 0.3 is 5.51 Å². The molecule has 0 aliphatic carbocycles. The van der Waals surface area contributed by atoms with Gasteiger partial charge in [0.05, 0.1) is 13.2 Å². The number of halogens is 3. The maximum absolute atomic E-state index is 12.1. The fraction of sp³-hybridized carbons (Fsp3) is 0.364. The van der Waals surface area contributed by atoms with Crippen molar-refractivity contribution in [3.8, 4) is 0 Å². The van der Waals surface area contributed by atoms with E-state index in [0.717, 1.165) is 0 Å². The zero-order chi connectivity index (χ0) is 14.3. The molecule has 0 heterocycles. The second-order valence-electron chi connectivity index (χ2n) is 3.34. The molecule has 1 N–H and O–H groups in total. The van der Waals surface area contributed by atoms with E-state index in [1.54, 1.807) is 0 Å². The van der Waals surface area contributed by atoms with Gasteiger partial charge in [0.15, 0.2) is 0 Å². The normalized spacial score (nSPS) is 11.4. The molecule has 0 aromatic heterocycles. The van der Waals surface area contributed by atoms with Gasteiger partial charge in [-0.25, -0.2) is 5.48 Å². The summed E-state index contributed by atoms with van der Waals surface area (Å²) in [7, 11) is 1.49. The van der Waals surface area contributed by atoms with Crippen LogP contribution >= 0.6 is 11.8 Å². The lowest BCUT2D eigenvalue weighted by atomic mass is 10.2. The van der Waals surface area contributed by atoms with Crippen LogP contribution in [0, 0.1) is 0 Å². The predicted molar refractivity (Wildman–Crippen MR) is 63.6 cm³/mol. The first-order valence-corrected chi connectivity index (χ1v) is 6.01. The monoisotopic (exact) mass is 295 g/mol. The van der Waals surface area contributed by atoms with Crippen molar-refractivity contribution in [2.45, 2.75) is 10.4 Å². The second-order valence-corrected chi connectivity index (χ2v) is 4.48. The molecule has 1 aromatic carbocycles. The van der Waals surface area contributed by atoms with E-state index in [2.05, 4.69) is 5.48 Å². The first kappa shape index (κ1) is 15.8. The largest absolute Gasteiger partial charge is 0.446 e. The molecular weight excluding hydrogens is 283 g/mol. The Morgan fingerprint density at radius 1 is 1.26 bits per heavy atom. The van der Waals surface area contributed by atoms with Crippen molar-refractivity contribution in [2.75, 3.05) is 20.3 Å². The first-order chi connectivity index (χ1) is 8.92. The maximum Gasteiger partial charge on any atom is 0.446 e. The molecule has 0 aliphatic rings. The van der Waals surface area contributed by atoms with Crippen molar-refractivity contribution in [3.63, 3.8) is 0 Å². The molecule has 0 atom stereocenters. The van der Waals surface area contributed by atoms with Gasteiger partial charge < -0.3 is 4.74 Å². The van der Waals surface area contributed by atoms with E-state index in [1.807, 2.05) is 0 Å². The number of hydroxylamine groups is 1. The maximum atomic E-state index is 12.1. The summed E-state index contributed by atoms with van der Waals surface area (Å²) in [5, 5.41) is 0. The summed E-state index contributed by atoms with van der Waals surface area (Å²) in [4.78, 5) is 16.3. The highest BCUT2D eigenvalue weighted by atomic mass is 32.2. The number of hydrogen-bond acceptors (Lipinski definition) is 4. The summed E-state index contributed by atoms with van der Waals surface area (Å²) < 4.78 is 41.0. The molecule has 0 bridgehead atoms. The third-order valence-corrected chi connectivity index (χ3v) is 2.64. The number of alkyl halides is 3. The van der Waals surface area contributed by atoms with Gasteiger partial charge in [0.2, 0.25) is 0 Å². The van der Waals surface area contributed by atoms with Gasteiger partial charge in [0.25, 0.3) is 5.91 Å².